The van der Waals surface area contributed by atoms with Crippen LogP contribution >= 0.6 is 0 Å². The second-order valence-corrected chi connectivity index (χ2v) is 1.96. The van der Waals surface area contributed by atoms with Gasteiger partial charge in [-0.15, -0.1) is 0 Å². The minimum absolute atomic E-state index is 0.648. The van der Waals surface area contributed by atoms with Gasteiger partial charge in [0.2, 0.25) is 10.4 Å². The third kappa shape index (κ3) is 2.00. The highest BCUT2D eigenvalue weighted by atomic mass is 14.8. The van der Waals surface area contributed by atoms with E-state index in [9.17, 15) is 0 Å². The maximum absolute atomic E-state index is 8.02. The quantitative estimate of drug-likeness (QED) is 0.340. The first-order valence-electron chi connectivity index (χ1n) is 3.03. The Morgan fingerprint density at radius 2 is 2.27 bits per heavy atom. The van der Waals surface area contributed by atoms with Gasteiger partial charge in [0.05, 0.1) is 0 Å². The van der Waals surface area contributed by atoms with Gasteiger partial charge in [-0.25, -0.2) is 0 Å². The Labute approximate surface area is 64.5 Å². The minimum Gasteiger partial charge on any atom is -0.399 e. The topological polar surface area (TPSA) is 54.2 Å². The molecule has 0 unspecified atom stereocenters. The van der Waals surface area contributed by atoms with E-state index in [1.54, 1.807) is 24.3 Å². The van der Waals surface area contributed by atoms with Crippen LogP contribution in [0.15, 0.2) is 24.3 Å². The van der Waals surface area contributed by atoms with Gasteiger partial charge in [0.1, 0.15) is 0 Å². The molecular weight excluding hydrogens is 138 g/mol. The van der Waals surface area contributed by atoms with Crippen LogP contribution in [0.1, 0.15) is 5.56 Å². The monoisotopic (exact) mass is 144 g/mol. The van der Waals surface area contributed by atoms with Crippen molar-refractivity contribution < 1.29 is 0 Å². The largest absolute Gasteiger partial charge is 0.427 e. The molecule has 0 aliphatic heterocycles. The molecule has 0 radical (unpaired) electrons. The number of anilines is 1. The molecule has 0 saturated heterocycles. The fourth-order valence-electron chi connectivity index (χ4n) is 0.706. The predicted octanol–water partition coefficient (Wildman–Crippen LogP) is 1.43. The number of rotatable bonds is 0. The van der Waals surface area contributed by atoms with Gasteiger partial charge in [0, 0.05) is 17.2 Å². The molecule has 0 aromatic heterocycles. The molecule has 0 fully saturated rings. The number of nitrogens with zero attached hydrogens (tertiary/aromatic N) is 2. The Balaban J connectivity index is 2.99. The molecule has 52 valence electrons. The lowest BCUT2D eigenvalue weighted by molar-refractivity contribution is 1.49. The van der Waals surface area contributed by atoms with Crippen molar-refractivity contribution in [1.82, 2.24) is 0 Å². The van der Waals surface area contributed by atoms with Gasteiger partial charge in [-0.3, -0.25) is 0 Å². The van der Waals surface area contributed by atoms with E-state index in [-0.39, 0.29) is 0 Å². The first-order chi connectivity index (χ1) is 5.33. The molecule has 0 atom stereocenters. The highest BCUT2D eigenvalue weighted by Gasteiger charge is 1.88. The molecule has 3 heteroatoms. The number of diazo groups is 1. The summed E-state index contributed by atoms with van der Waals surface area (Å²) in [7, 11) is 0. The standard InChI is InChI=1S/C8H6N3/c9-8-3-1-2-7(6-8)4-5-11-10/h1-3,6H,9H2/q+1. The van der Waals surface area contributed by atoms with E-state index >= 15 is 0 Å². The van der Waals surface area contributed by atoms with Crippen molar-refractivity contribution in [3.05, 3.63) is 34.8 Å². The van der Waals surface area contributed by atoms with Crippen LogP contribution in [0.5, 0.6) is 0 Å². The van der Waals surface area contributed by atoms with E-state index in [4.69, 9.17) is 11.1 Å². The van der Waals surface area contributed by atoms with Crippen molar-refractivity contribution in [3.63, 3.8) is 0 Å². The number of hydrogen-bond acceptors (Lipinski definition) is 2. The van der Waals surface area contributed by atoms with Crippen LogP contribution < -0.4 is 5.73 Å². The Morgan fingerprint density at radius 1 is 1.45 bits per heavy atom. The van der Waals surface area contributed by atoms with Crippen molar-refractivity contribution in [3.8, 4) is 12.0 Å². The fourth-order valence-corrected chi connectivity index (χ4v) is 0.706. The Bertz CT molecular complexity index is 352. The van der Waals surface area contributed by atoms with Crippen LogP contribution in [0, 0.1) is 17.4 Å². The van der Waals surface area contributed by atoms with Crippen LogP contribution in [0.3, 0.4) is 0 Å². The zero-order chi connectivity index (χ0) is 8.10. The van der Waals surface area contributed by atoms with Crippen molar-refractivity contribution in [1.29, 1.82) is 5.39 Å². The molecular formula is C8H6N3+. The summed E-state index contributed by atoms with van der Waals surface area (Å²) in [6, 6.07) is 9.21. The van der Waals surface area contributed by atoms with Gasteiger partial charge in [-0.05, 0) is 18.2 Å². The maximum atomic E-state index is 8.02. The molecule has 1 aromatic carbocycles. The third-order valence-electron chi connectivity index (χ3n) is 1.14. The van der Waals surface area contributed by atoms with Crippen molar-refractivity contribution >= 4 is 5.69 Å². The van der Waals surface area contributed by atoms with Crippen LogP contribution in [-0.4, -0.2) is 0 Å². The first kappa shape index (κ1) is 7.11. The highest BCUT2D eigenvalue weighted by Crippen LogP contribution is 2.04. The molecule has 2 N–H and O–H groups in total. The molecule has 3 nitrogen and oxygen atoms in total. The molecule has 0 bridgehead atoms. The second kappa shape index (κ2) is 3.24. The molecule has 11 heavy (non-hydrogen) atoms. The highest BCUT2D eigenvalue weighted by molar-refractivity contribution is 5.47. The van der Waals surface area contributed by atoms with E-state index < -0.39 is 0 Å². The summed E-state index contributed by atoms with van der Waals surface area (Å²) in [6.45, 7) is 0. The predicted molar refractivity (Wildman–Crippen MR) is 42.8 cm³/mol. The number of hydrogen-bond donors (Lipinski definition) is 1. The van der Waals surface area contributed by atoms with Gasteiger partial charge in [0.25, 0.3) is 0 Å². The SMILES string of the molecule is N#[N+]C#Cc1cccc(N)c1. The lowest BCUT2D eigenvalue weighted by Gasteiger charge is -1.89. The maximum Gasteiger partial charge on any atom is 0.427 e. The third-order valence-corrected chi connectivity index (χ3v) is 1.14. The first-order valence-corrected chi connectivity index (χ1v) is 3.03. The van der Waals surface area contributed by atoms with Gasteiger partial charge < -0.3 is 5.73 Å². The Hall–Kier alpha value is -2.00. The molecule has 1 rings (SSSR count). The van der Waals surface area contributed by atoms with Crippen molar-refractivity contribution in [2.45, 2.75) is 0 Å². The van der Waals surface area contributed by atoms with Gasteiger partial charge >= 0.3 is 6.04 Å². The smallest absolute Gasteiger partial charge is 0.399 e. The van der Waals surface area contributed by atoms with Crippen LogP contribution in [0.25, 0.3) is 4.98 Å². The summed E-state index contributed by atoms with van der Waals surface area (Å²) in [6.07, 6.45) is 0. The summed E-state index contributed by atoms with van der Waals surface area (Å²) in [5.74, 6) is 2.59. The Kier molecular flexibility index (Phi) is 2.09. The molecule has 0 amide bonds. The summed E-state index contributed by atoms with van der Waals surface area (Å²) in [5, 5.41) is 8.02. The normalized spacial score (nSPS) is 7.55. The van der Waals surface area contributed by atoms with Crippen molar-refractivity contribution in [2.24, 2.45) is 0 Å². The molecule has 0 aliphatic carbocycles. The lowest BCUT2D eigenvalue weighted by atomic mass is 10.2. The molecule has 0 spiro atoms. The van der Waals surface area contributed by atoms with Gasteiger partial charge in [0.15, 0.2) is 0 Å². The number of nitrogens with two attached hydrogens (primary N) is 1. The zero-order valence-corrected chi connectivity index (χ0v) is 5.78. The summed E-state index contributed by atoms with van der Waals surface area (Å²) in [4.78, 5) is 2.66. The van der Waals surface area contributed by atoms with E-state index in [0.29, 0.717) is 5.69 Å². The lowest BCUT2D eigenvalue weighted by Crippen LogP contribution is -1.83. The summed E-state index contributed by atoms with van der Waals surface area (Å²) >= 11 is 0. The Morgan fingerprint density at radius 3 is 2.91 bits per heavy atom. The average Bonchev–Trinajstić information content (AvgIpc) is 2.01. The number of nitrogen functional groups attached to an aromatic ring is 1. The van der Waals surface area contributed by atoms with E-state index in [1.807, 2.05) is 0 Å². The van der Waals surface area contributed by atoms with Crippen LogP contribution in [-0.2, 0) is 0 Å². The zero-order valence-electron chi connectivity index (χ0n) is 5.78. The van der Waals surface area contributed by atoms with Crippen LogP contribution in [0.4, 0.5) is 5.69 Å². The molecule has 0 aliphatic rings. The summed E-state index contributed by atoms with van der Waals surface area (Å²) < 4.78 is 0. The minimum atomic E-state index is 0.648. The molecule has 1 aromatic rings. The second-order valence-electron chi connectivity index (χ2n) is 1.96. The fraction of sp³-hybridized carbons (Fsp3) is 0. The number of benzene rings is 1. The van der Waals surface area contributed by atoms with E-state index in [0.717, 1.165) is 5.56 Å². The summed E-state index contributed by atoms with van der Waals surface area (Å²) in [5.41, 5.74) is 6.86. The molecule has 0 saturated carbocycles. The van der Waals surface area contributed by atoms with E-state index in [2.05, 4.69) is 16.9 Å². The van der Waals surface area contributed by atoms with E-state index in [1.165, 1.54) is 0 Å². The molecule has 0 heterocycles. The average molecular weight is 144 g/mol. The van der Waals surface area contributed by atoms with Crippen molar-refractivity contribution in [2.75, 3.05) is 5.73 Å². The van der Waals surface area contributed by atoms with Crippen LogP contribution in [0.2, 0.25) is 0 Å². The van der Waals surface area contributed by atoms with Gasteiger partial charge in [-0.1, -0.05) is 6.07 Å². The van der Waals surface area contributed by atoms with Gasteiger partial charge in [-0.2, -0.15) is 0 Å².